The summed E-state index contributed by atoms with van der Waals surface area (Å²) >= 11 is 0. The number of nitrogens with one attached hydrogen (secondary N) is 1. The van der Waals surface area contributed by atoms with E-state index in [0.717, 1.165) is 5.56 Å². The van der Waals surface area contributed by atoms with Crippen LogP contribution in [-0.4, -0.2) is 31.7 Å². The molecule has 8 heteroatoms. The highest BCUT2D eigenvalue weighted by Crippen LogP contribution is 2.34. The van der Waals surface area contributed by atoms with Gasteiger partial charge in [-0.05, 0) is 23.6 Å². The molecule has 0 radical (unpaired) electrons. The third-order valence-corrected chi connectivity index (χ3v) is 4.28. The highest BCUT2D eigenvalue weighted by atomic mass is 16.6. The SMILES string of the molecule is CC(C)[C@@H](NC(=O)COC(=O)c1cc[n+]([O-])cc1)c1ccc2c(c1)OCCO2. The smallest absolute Gasteiger partial charge is 0.339 e. The van der Waals surface area contributed by atoms with Gasteiger partial charge in [0.2, 0.25) is 0 Å². The van der Waals surface area contributed by atoms with Crippen molar-refractivity contribution in [1.29, 1.82) is 0 Å². The number of esters is 1. The van der Waals surface area contributed by atoms with E-state index in [-0.39, 0.29) is 17.5 Å². The third-order valence-electron chi connectivity index (χ3n) is 4.28. The number of carbonyl (C=O) groups excluding carboxylic acids is 2. The van der Waals surface area contributed by atoms with Crippen LogP contribution in [0.3, 0.4) is 0 Å². The fourth-order valence-electron chi connectivity index (χ4n) is 2.87. The minimum atomic E-state index is -0.670. The van der Waals surface area contributed by atoms with Crippen molar-refractivity contribution in [1.82, 2.24) is 5.32 Å². The number of hydrogen-bond donors (Lipinski definition) is 1. The first-order valence-electron chi connectivity index (χ1n) is 8.99. The van der Waals surface area contributed by atoms with Crippen LogP contribution in [-0.2, 0) is 9.53 Å². The van der Waals surface area contributed by atoms with E-state index in [1.54, 1.807) is 0 Å². The van der Waals surface area contributed by atoms with Crippen LogP contribution in [0.5, 0.6) is 11.5 Å². The topological polar surface area (TPSA) is 101 Å². The number of aromatic nitrogens is 1. The Morgan fingerprint density at radius 2 is 1.82 bits per heavy atom. The molecule has 0 saturated carbocycles. The van der Waals surface area contributed by atoms with E-state index in [2.05, 4.69) is 5.32 Å². The summed E-state index contributed by atoms with van der Waals surface area (Å²) in [6.07, 6.45) is 2.38. The minimum absolute atomic E-state index is 0.101. The first-order chi connectivity index (χ1) is 13.4. The van der Waals surface area contributed by atoms with Crippen LogP contribution in [0.4, 0.5) is 0 Å². The number of pyridine rings is 1. The predicted molar refractivity (Wildman–Crippen MR) is 98.8 cm³/mol. The summed E-state index contributed by atoms with van der Waals surface area (Å²) in [5, 5.41) is 13.9. The van der Waals surface area contributed by atoms with Gasteiger partial charge in [-0.25, -0.2) is 4.79 Å². The molecule has 0 saturated heterocycles. The lowest BCUT2D eigenvalue weighted by Gasteiger charge is -2.25. The fraction of sp³-hybridized carbons (Fsp3) is 0.350. The highest BCUT2D eigenvalue weighted by Gasteiger charge is 2.22. The van der Waals surface area contributed by atoms with Gasteiger partial charge < -0.3 is 24.7 Å². The third kappa shape index (κ3) is 4.70. The van der Waals surface area contributed by atoms with Crippen LogP contribution < -0.4 is 19.5 Å². The molecule has 1 aliphatic rings. The molecule has 0 fully saturated rings. The van der Waals surface area contributed by atoms with Crippen LogP contribution >= 0.6 is 0 Å². The Bertz CT molecular complexity index is 850. The quantitative estimate of drug-likeness (QED) is 0.461. The molecular formula is C20H22N2O6. The molecule has 0 aliphatic carbocycles. The van der Waals surface area contributed by atoms with Crippen molar-refractivity contribution in [2.24, 2.45) is 5.92 Å². The fourth-order valence-corrected chi connectivity index (χ4v) is 2.87. The van der Waals surface area contributed by atoms with Gasteiger partial charge in [0, 0.05) is 12.1 Å². The summed E-state index contributed by atoms with van der Waals surface area (Å²) in [4.78, 5) is 24.3. The second kappa shape index (κ2) is 8.60. The summed E-state index contributed by atoms with van der Waals surface area (Å²) in [5.74, 6) is 0.339. The van der Waals surface area contributed by atoms with E-state index < -0.39 is 18.5 Å². The van der Waals surface area contributed by atoms with E-state index in [0.29, 0.717) is 29.4 Å². The number of rotatable bonds is 6. The first kappa shape index (κ1) is 19.5. The van der Waals surface area contributed by atoms with Crippen LogP contribution in [0, 0.1) is 11.1 Å². The lowest BCUT2D eigenvalue weighted by molar-refractivity contribution is -0.605. The molecule has 1 aromatic heterocycles. The van der Waals surface area contributed by atoms with Crippen LogP contribution in [0.15, 0.2) is 42.7 Å². The maximum atomic E-state index is 12.3. The second-order valence-electron chi connectivity index (χ2n) is 6.72. The molecule has 28 heavy (non-hydrogen) atoms. The van der Waals surface area contributed by atoms with Gasteiger partial charge in [0.05, 0.1) is 11.6 Å². The number of nitrogens with zero attached hydrogens (tertiary/aromatic N) is 1. The average Bonchev–Trinajstić information content (AvgIpc) is 2.70. The van der Waals surface area contributed by atoms with Gasteiger partial charge >= 0.3 is 5.97 Å². The molecule has 1 atom stereocenters. The van der Waals surface area contributed by atoms with Gasteiger partial charge in [-0.1, -0.05) is 19.9 Å². The monoisotopic (exact) mass is 386 g/mol. The summed E-state index contributed by atoms with van der Waals surface area (Å²) in [6.45, 7) is 4.54. The van der Waals surface area contributed by atoms with Crippen molar-refractivity contribution in [2.75, 3.05) is 19.8 Å². The molecule has 8 nitrogen and oxygen atoms in total. The summed E-state index contributed by atoms with van der Waals surface area (Å²) in [5.41, 5.74) is 1.08. The molecule has 3 rings (SSSR count). The van der Waals surface area contributed by atoms with Crippen molar-refractivity contribution in [3.05, 3.63) is 59.1 Å². The molecule has 1 amide bonds. The normalized spacial score (nSPS) is 13.7. The zero-order valence-corrected chi connectivity index (χ0v) is 15.7. The van der Waals surface area contributed by atoms with E-state index in [4.69, 9.17) is 14.2 Å². The molecule has 1 aromatic carbocycles. The van der Waals surface area contributed by atoms with E-state index in [1.165, 1.54) is 24.5 Å². The van der Waals surface area contributed by atoms with Gasteiger partial charge in [-0.15, -0.1) is 0 Å². The van der Waals surface area contributed by atoms with Gasteiger partial charge in [0.15, 0.2) is 30.5 Å². The number of amides is 1. The molecule has 0 spiro atoms. The molecule has 148 valence electrons. The van der Waals surface area contributed by atoms with Crippen molar-refractivity contribution < 1.29 is 28.5 Å². The Morgan fingerprint density at radius 1 is 1.14 bits per heavy atom. The average molecular weight is 386 g/mol. The lowest BCUT2D eigenvalue weighted by atomic mass is 9.95. The van der Waals surface area contributed by atoms with Crippen LogP contribution in [0.1, 0.15) is 35.8 Å². The number of ether oxygens (including phenoxy) is 3. The Hall–Kier alpha value is -3.29. The zero-order valence-electron chi connectivity index (χ0n) is 15.7. The highest BCUT2D eigenvalue weighted by molar-refractivity contribution is 5.91. The number of carbonyl (C=O) groups is 2. The molecule has 0 bridgehead atoms. The Morgan fingerprint density at radius 3 is 2.50 bits per heavy atom. The first-order valence-corrected chi connectivity index (χ1v) is 8.99. The van der Waals surface area contributed by atoms with Gasteiger partial charge in [-0.3, -0.25) is 4.79 Å². The van der Waals surface area contributed by atoms with Crippen molar-refractivity contribution >= 4 is 11.9 Å². The number of benzene rings is 1. The molecule has 1 N–H and O–H groups in total. The standard InChI is InChI=1S/C20H22N2O6/c1-13(2)19(15-3-4-16-17(11-15)27-10-9-26-16)21-18(23)12-28-20(24)14-5-7-22(25)8-6-14/h3-8,11,13,19H,9-10,12H2,1-2H3,(H,21,23)/t19-/m1/s1. The van der Waals surface area contributed by atoms with Crippen LogP contribution in [0.2, 0.25) is 0 Å². The summed E-state index contributed by atoms with van der Waals surface area (Å²) in [7, 11) is 0. The molecule has 1 aliphatic heterocycles. The lowest BCUT2D eigenvalue weighted by Crippen LogP contribution is -2.35. The van der Waals surface area contributed by atoms with Gasteiger partial charge in [-0.2, -0.15) is 4.73 Å². The van der Waals surface area contributed by atoms with Gasteiger partial charge in [0.25, 0.3) is 5.91 Å². The predicted octanol–water partition coefficient (Wildman–Crippen LogP) is 1.76. The Balaban J connectivity index is 1.61. The van der Waals surface area contributed by atoms with Crippen molar-refractivity contribution in [2.45, 2.75) is 19.9 Å². The van der Waals surface area contributed by atoms with Crippen molar-refractivity contribution in [3.8, 4) is 11.5 Å². The largest absolute Gasteiger partial charge is 0.619 e. The second-order valence-corrected chi connectivity index (χ2v) is 6.72. The summed E-state index contributed by atoms with van der Waals surface area (Å²) < 4.78 is 16.7. The number of fused-ring (bicyclic) bond motifs is 1. The number of hydrogen-bond acceptors (Lipinski definition) is 6. The Kier molecular flexibility index (Phi) is 5.98. The summed E-state index contributed by atoms with van der Waals surface area (Å²) in [6, 6.07) is 7.94. The van der Waals surface area contributed by atoms with Crippen molar-refractivity contribution in [3.63, 3.8) is 0 Å². The molecular weight excluding hydrogens is 364 g/mol. The van der Waals surface area contributed by atoms with Gasteiger partial charge in [0.1, 0.15) is 13.2 Å². The zero-order chi connectivity index (χ0) is 20.1. The molecule has 2 heterocycles. The Labute approximate surface area is 162 Å². The molecule has 0 unspecified atom stereocenters. The van der Waals surface area contributed by atoms with E-state index >= 15 is 0 Å². The molecule has 2 aromatic rings. The minimum Gasteiger partial charge on any atom is -0.619 e. The van der Waals surface area contributed by atoms with Crippen LogP contribution in [0.25, 0.3) is 0 Å². The maximum Gasteiger partial charge on any atom is 0.339 e. The van der Waals surface area contributed by atoms with E-state index in [9.17, 15) is 14.8 Å². The maximum absolute atomic E-state index is 12.3. The van der Waals surface area contributed by atoms with E-state index in [1.807, 2.05) is 32.0 Å².